The van der Waals surface area contributed by atoms with Crippen LogP contribution in [0.3, 0.4) is 0 Å². The van der Waals surface area contributed by atoms with Crippen molar-refractivity contribution in [3.63, 3.8) is 0 Å². The maximum atomic E-state index is 8.74. The van der Waals surface area contributed by atoms with E-state index in [0.717, 1.165) is 28.3 Å². The second-order valence-electron chi connectivity index (χ2n) is 4.03. The molecule has 2 aromatic rings. The van der Waals surface area contributed by atoms with E-state index < -0.39 is 0 Å². The van der Waals surface area contributed by atoms with Gasteiger partial charge in [-0.15, -0.1) is 0 Å². The van der Waals surface area contributed by atoms with Crippen LogP contribution in [0.25, 0.3) is 11.4 Å². The maximum Gasteiger partial charge on any atom is 0.159 e. The minimum Gasteiger partial charge on any atom is -0.233 e. The van der Waals surface area contributed by atoms with Crippen molar-refractivity contribution in [1.29, 1.82) is 5.26 Å². The molecule has 0 spiro atoms. The Hall–Kier alpha value is -2.21. The van der Waals surface area contributed by atoms with Crippen LogP contribution in [0.5, 0.6) is 0 Å². The van der Waals surface area contributed by atoms with Gasteiger partial charge in [0.1, 0.15) is 0 Å². The largest absolute Gasteiger partial charge is 0.233 e. The molecule has 0 unspecified atom stereocenters. The fourth-order valence-corrected chi connectivity index (χ4v) is 1.60. The summed E-state index contributed by atoms with van der Waals surface area (Å²) in [6.07, 6.45) is 0. The summed E-state index contributed by atoms with van der Waals surface area (Å²) >= 11 is 0. The van der Waals surface area contributed by atoms with Gasteiger partial charge in [-0.05, 0) is 50.6 Å². The molecule has 0 saturated carbocycles. The highest BCUT2D eigenvalue weighted by Gasteiger charge is 2.06. The van der Waals surface area contributed by atoms with Gasteiger partial charge in [0.25, 0.3) is 0 Å². The third-order valence-electron chi connectivity index (χ3n) is 2.90. The van der Waals surface area contributed by atoms with Crippen molar-refractivity contribution in [2.45, 2.75) is 20.8 Å². The van der Waals surface area contributed by atoms with Gasteiger partial charge in [0.05, 0.1) is 11.6 Å². The van der Waals surface area contributed by atoms with Crippen LogP contribution in [0.2, 0.25) is 0 Å². The molecule has 0 N–H and O–H groups in total. The lowest BCUT2D eigenvalue weighted by Gasteiger charge is -2.07. The maximum absolute atomic E-state index is 8.74. The lowest BCUT2D eigenvalue weighted by atomic mass is 10.1. The number of hydrogen-bond acceptors (Lipinski definition) is 3. The Kier molecular flexibility index (Phi) is 2.88. The number of aromatic nitrogens is 2. The summed E-state index contributed by atoms with van der Waals surface area (Å²) < 4.78 is 0. The first-order valence-corrected chi connectivity index (χ1v) is 5.44. The van der Waals surface area contributed by atoms with E-state index in [2.05, 4.69) is 16.0 Å². The third kappa shape index (κ3) is 2.16. The van der Waals surface area contributed by atoms with Gasteiger partial charge >= 0.3 is 0 Å². The Labute approximate surface area is 101 Å². The first-order valence-electron chi connectivity index (χ1n) is 5.44. The molecule has 0 aliphatic rings. The Balaban J connectivity index is 2.50. The zero-order valence-corrected chi connectivity index (χ0v) is 10.2. The van der Waals surface area contributed by atoms with Gasteiger partial charge in [-0.2, -0.15) is 5.26 Å². The summed E-state index contributed by atoms with van der Waals surface area (Å²) in [6, 6.07) is 9.41. The Morgan fingerprint density at radius 2 is 1.47 bits per heavy atom. The number of nitrogens with zero attached hydrogens (tertiary/aromatic N) is 3. The second-order valence-corrected chi connectivity index (χ2v) is 4.03. The number of hydrogen-bond donors (Lipinski definition) is 0. The first-order chi connectivity index (χ1) is 8.11. The highest BCUT2D eigenvalue weighted by Crippen LogP contribution is 2.18. The van der Waals surface area contributed by atoms with Gasteiger partial charge in [0.15, 0.2) is 5.82 Å². The molecule has 0 radical (unpaired) electrons. The van der Waals surface area contributed by atoms with Crippen LogP contribution in [-0.2, 0) is 0 Å². The van der Waals surface area contributed by atoms with Crippen LogP contribution in [0.4, 0.5) is 0 Å². The number of rotatable bonds is 1. The predicted molar refractivity (Wildman–Crippen MR) is 66.4 cm³/mol. The molecular formula is C14H13N3. The summed E-state index contributed by atoms with van der Waals surface area (Å²) in [5.41, 5.74) is 4.71. The van der Waals surface area contributed by atoms with Crippen molar-refractivity contribution in [1.82, 2.24) is 9.97 Å². The van der Waals surface area contributed by atoms with Gasteiger partial charge in [-0.1, -0.05) is 0 Å². The minimum atomic E-state index is 0.648. The fraction of sp³-hybridized carbons (Fsp3) is 0.214. The van der Waals surface area contributed by atoms with E-state index in [4.69, 9.17) is 5.26 Å². The zero-order valence-electron chi connectivity index (χ0n) is 10.2. The molecule has 0 bridgehead atoms. The van der Waals surface area contributed by atoms with E-state index in [9.17, 15) is 0 Å². The second kappa shape index (κ2) is 4.34. The van der Waals surface area contributed by atoms with E-state index in [1.54, 1.807) is 12.1 Å². The Morgan fingerprint density at radius 1 is 0.941 bits per heavy atom. The third-order valence-corrected chi connectivity index (χ3v) is 2.90. The summed E-state index contributed by atoms with van der Waals surface area (Å²) in [5, 5.41) is 8.74. The van der Waals surface area contributed by atoms with E-state index in [0.29, 0.717) is 5.56 Å². The van der Waals surface area contributed by atoms with Crippen LogP contribution in [0.1, 0.15) is 22.5 Å². The monoisotopic (exact) mass is 223 g/mol. The van der Waals surface area contributed by atoms with Crippen LogP contribution in [0, 0.1) is 32.1 Å². The summed E-state index contributed by atoms with van der Waals surface area (Å²) in [6.45, 7) is 5.99. The van der Waals surface area contributed by atoms with Crippen molar-refractivity contribution in [2.24, 2.45) is 0 Å². The quantitative estimate of drug-likeness (QED) is 0.746. The molecule has 0 saturated heterocycles. The highest BCUT2D eigenvalue weighted by molar-refractivity contribution is 5.57. The molecule has 0 aliphatic carbocycles. The molecule has 3 heteroatoms. The van der Waals surface area contributed by atoms with Crippen LogP contribution in [-0.4, -0.2) is 9.97 Å². The Bertz CT molecular complexity index is 569. The summed E-state index contributed by atoms with van der Waals surface area (Å²) in [4.78, 5) is 8.93. The summed E-state index contributed by atoms with van der Waals surface area (Å²) in [7, 11) is 0. The normalized spacial score (nSPS) is 10.0. The fourth-order valence-electron chi connectivity index (χ4n) is 1.60. The molecule has 1 aromatic carbocycles. The molecular weight excluding hydrogens is 210 g/mol. The molecule has 84 valence electrons. The molecule has 0 aliphatic heterocycles. The lowest BCUT2D eigenvalue weighted by Crippen LogP contribution is -1.98. The smallest absolute Gasteiger partial charge is 0.159 e. The molecule has 0 atom stereocenters. The van der Waals surface area contributed by atoms with Crippen molar-refractivity contribution < 1.29 is 0 Å². The number of benzene rings is 1. The molecule has 3 nitrogen and oxygen atoms in total. The van der Waals surface area contributed by atoms with Gasteiger partial charge < -0.3 is 0 Å². The highest BCUT2D eigenvalue weighted by atomic mass is 14.9. The van der Waals surface area contributed by atoms with Crippen molar-refractivity contribution in [3.05, 3.63) is 46.8 Å². The SMILES string of the molecule is Cc1nc(-c2ccc(C#N)cc2)nc(C)c1C. The molecule has 17 heavy (non-hydrogen) atoms. The minimum absolute atomic E-state index is 0.648. The zero-order chi connectivity index (χ0) is 12.4. The van der Waals surface area contributed by atoms with Gasteiger partial charge in [-0.3, -0.25) is 0 Å². The van der Waals surface area contributed by atoms with E-state index in [1.807, 2.05) is 32.9 Å². The molecule has 0 fully saturated rings. The molecule has 1 aromatic heterocycles. The van der Waals surface area contributed by atoms with Gasteiger partial charge in [-0.25, -0.2) is 9.97 Å². The number of nitriles is 1. The average Bonchev–Trinajstić information content (AvgIpc) is 2.35. The van der Waals surface area contributed by atoms with Gasteiger partial charge in [0, 0.05) is 17.0 Å². The van der Waals surface area contributed by atoms with Crippen molar-refractivity contribution in [2.75, 3.05) is 0 Å². The van der Waals surface area contributed by atoms with E-state index in [1.165, 1.54) is 0 Å². The van der Waals surface area contributed by atoms with Crippen molar-refractivity contribution in [3.8, 4) is 17.5 Å². The van der Waals surface area contributed by atoms with Crippen LogP contribution >= 0.6 is 0 Å². The summed E-state index contributed by atoms with van der Waals surface area (Å²) in [5.74, 6) is 0.718. The standard InChI is InChI=1S/C14H13N3/c1-9-10(2)16-14(17-11(9)3)13-6-4-12(8-15)5-7-13/h4-7H,1-3H3. The predicted octanol–water partition coefficient (Wildman–Crippen LogP) is 2.94. The molecule has 0 amide bonds. The first kappa shape index (κ1) is 11.3. The van der Waals surface area contributed by atoms with E-state index in [-0.39, 0.29) is 0 Å². The van der Waals surface area contributed by atoms with E-state index >= 15 is 0 Å². The van der Waals surface area contributed by atoms with Crippen LogP contribution < -0.4 is 0 Å². The molecule has 1 heterocycles. The number of aryl methyl sites for hydroxylation is 2. The van der Waals surface area contributed by atoms with Crippen LogP contribution in [0.15, 0.2) is 24.3 Å². The van der Waals surface area contributed by atoms with Gasteiger partial charge in [0.2, 0.25) is 0 Å². The Morgan fingerprint density at radius 3 is 1.94 bits per heavy atom. The lowest BCUT2D eigenvalue weighted by molar-refractivity contribution is 1.02. The topological polar surface area (TPSA) is 49.6 Å². The average molecular weight is 223 g/mol. The van der Waals surface area contributed by atoms with Crippen molar-refractivity contribution >= 4 is 0 Å². The molecule has 2 rings (SSSR count).